The molecule has 1 aromatic rings. The van der Waals surface area contributed by atoms with Gasteiger partial charge in [0.15, 0.2) is 11.5 Å². The lowest BCUT2D eigenvalue weighted by atomic mass is 9.79. The summed E-state index contributed by atoms with van der Waals surface area (Å²) in [6, 6.07) is 2.69. The number of carboxylic acids is 1. The molecule has 0 aliphatic rings. The van der Waals surface area contributed by atoms with E-state index in [-0.39, 0.29) is 18.1 Å². The molecule has 1 aromatic carbocycles. The van der Waals surface area contributed by atoms with E-state index < -0.39 is 60.6 Å². The van der Waals surface area contributed by atoms with Crippen molar-refractivity contribution < 1.29 is 52.7 Å². The van der Waals surface area contributed by atoms with E-state index >= 15 is 0 Å². The third kappa shape index (κ3) is 10.1. The fourth-order valence-corrected chi connectivity index (χ4v) is 3.31. The van der Waals surface area contributed by atoms with Crippen molar-refractivity contribution in [1.82, 2.24) is 0 Å². The Morgan fingerprint density at radius 2 is 1.34 bits per heavy atom. The van der Waals surface area contributed by atoms with Crippen molar-refractivity contribution in [2.24, 2.45) is 11.7 Å². The second kappa shape index (κ2) is 15.7. The average Bonchev–Trinajstić information content (AvgIpc) is 2.85. The molecule has 0 fully saturated rings. The molecule has 3 N–H and O–H groups in total. The van der Waals surface area contributed by atoms with Crippen LogP contribution in [0, 0.1) is 5.92 Å². The van der Waals surface area contributed by atoms with Gasteiger partial charge in [-0.1, -0.05) is 26.8 Å². The molecule has 0 saturated carbocycles. The number of hydrogen-bond donors (Lipinski definition) is 2. The molecule has 0 heterocycles. The van der Waals surface area contributed by atoms with Crippen LogP contribution in [0.25, 0.3) is 0 Å². The number of carboxylic acid groups (broad SMARTS) is 1. The van der Waals surface area contributed by atoms with Gasteiger partial charge in [-0.15, -0.1) is 0 Å². The molecule has 38 heavy (non-hydrogen) atoms. The van der Waals surface area contributed by atoms with Crippen molar-refractivity contribution in [3.8, 4) is 11.5 Å². The minimum atomic E-state index is -1.43. The Bertz CT molecular complexity index is 951. The van der Waals surface area contributed by atoms with Gasteiger partial charge >= 0.3 is 24.4 Å². The SMILES string of the molecule is CCOC(=O)OC(C)C(C)C(c1ccc(OC(=O)OC(C)CC)c(OC(=O)OC(C)CC)c1)[C@H](N)C(=O)O. The molecule has 0 bridgehead atoms. The number of nitrogens with two attached hydrogens (primary N) is 1. The van der Waals surface area contributed by atoms with E-state index in [1.165, 1.54) is 18.2 Å². The molecule has 0 aromatic heterocycles. The van der Waals surface area contributed by atoms with Crippen LogP contribution >= 0.6 is 0 Å². The third-order valence-corrected chi connectivity index (χ3v) is 6.01. The lowest BCUT2D eigenvalue weighted by Crippen LogP contribution is -2.42. The molecule has 0 radical (unpaired) electrons. The zero-order chi connectivity index (χ0) is 29.0. The Labute approximate surface area is 222 Å². The molecule has 0 amide bonds. The van der Waals surface area contributed by atoms with Crippen LogP contribution in [0.15, 0.2) is 18.2 Å². The van der Waals surface area contributed by atoms with Gasteiger partial charge in [0, 0.05) is 11.8 Å². The van der Waals surface area contributed by atoms with Crippen molar-refractivity contribution in [1.29, 1.82) is 0 Å². The molecule has 0 aliphatic carbocycles. The highest BCUT2D eigenvalue weighted by Gasteiger charge is 2.36. The maximum atomic E-state index is 12.4. The van der Waals surface area contributed by atoms with Gasteiger partial charge in [0.05, 0.1) is 6.61 Å². The fourth-order valence-electron chi connectivity index (χ4n) is 3.31. The van der Waals surface area contributed by atoms with Gasteiger partial charge in [0.2, 0.25) is 0 Å². The van der Waals surface area contributed by atoms with Crippen LogP contribution in [0.4, 0.5) is 14.4 Å². The molecular formula is C26H39NO11. The van der Waals surface area contributed by atoms with Gasteiger partial charge in [-0.25, -0.2) is 14.4 Å². The van der Waals surface area contributed by atoms with Gasteiger partial charge < -0.3 is 39.3 Å². The fraction of sp³-hybridized carbons (Fsp3) is 0.615. The van der Waals surface area contributed by atoms with Crippen molar-refractivity contribution in [3.63, 3.8) is 0 Å². The first-order valence-corrected chi connectivity index (χ1v) is 12.6. The van der Waals surface area contributed by atoms with Crippen LogP contribution in [-0.4, -0.2) is 60.5 Å². The predicted molar refractivity (Wildman–Crippen MR) is 135 cm³/mol. The summed E-state index contributed by atoms with van der Waals surface area (Å²) < 4.78 is 30.9. The van der Waals surface area contributed by atoms with E-state index in [1.807, 2.05) is 13.8 Å². The van der Waals surface area contributed by atoms with E-state index in [1.54, 1.807) is 34.6 Å². The first-order valence-electron chi connectivity index (χ1n) is 12.6. The molecule has 0 spiro atoms. The second-order valence-corrected chi connectivity index (χ2v) is 8.84. The topological polar surface area (TPSA) is 170 Å². The standard InChI is InChI=1S/C26H39NO11/c1-8-14(4)34-25(31)37-19-12-11-18(13-20(19)38-26(32)35-15(5)9-2)21(22(27)23(28)29)16(6)17(7)36-24(30)33-10-3/h11-17,21-22H,8-10,27H2,1-7H3,(H,28,29)/t14?,15?,16?,17?,21?,22-/m0/s1. The monoisotopic (exact) mass is 541 g/mol. The Morgan fingerprint density at radius 1 is 0.816 bits per heavy atom. The largest absolute Gasteiger partial charge is 0.514 e. The summed E-state index contributed by atoms with van der Waals surface area (Å²) in [5.41, 5.74) is 6.36. The van der Waals surface area contributed by atoms with Crippen molar-refractivity contribution >= 4 is 24.4 Å². The summed E-state index contributed by atoms with van der Waals surface area (Å²) in [5, 5.41) is 9.68. The summed E-state index contributed by atoms with van der Waals surface area (Å²) in [5.74, 6) is -3.24. The normalized spacial score (nSPS) is 15.6. The number of carbonyl (C=O) groups excluding carboxylic acids is 3. The molecular weight excluding hydrogens is 502 g/mol. The van der Waals surface area contributed by atoms with Crippen LogP contribution in [0.1, 0.15) is 72.8 Å². The first kappa shape index (κ1) is 32.5. The van der Waals surface area contributed by atoms with Crippen LogP contribution < -0.4 is 15.2 Å². The lowest BCUT2D eigenvalue weighted by molar-refractivity contribution is -0.139. The third-order valence-electron chi connectivity index (χ3n) is 6.01. The lowest BCUT2D eigenvalue weighted by Gasteiger charge is -2.31. The number of rotatable bonds is 13. The highest BCUT2D eigenvalue weighted by molar-refractivity contribution is 5.75. The number of ether oxygens (including phenoxy) is 6. The number of carbonyl (C=O) groups is 4. The van der Waals surface area contributed by atoms with Crippen molar-refractivity contribution in [2.75, 3.05) is 6.61 Å². The number of benzene rings is 1. The molecule has 5 unspecified atom stereocenters. The molecule has 0 aliphatic heterocycles. The van der Waals surface area contributed by atoms with E-state index in [0.717, 1.165) is 0 Å². The Kier molecular flexibility index (Phi) is 13.4. The van der Waals surface area contributed by atoms with Crippen LogP contribution in [0.3, 0.4) is 0 Å². The summed E-state index contributed by atoms with van der Waals surface area (Å²) in [6.07, 6.45) is -3.55. The van der Waals surface area contributed by atoms with Gasteiger partial charge in [-0.3, -0.25) is 4.79 Å². The predicted octanol–water partition coefficient (Wildman–Crippen LogP) is 5.01. The highest BCUT2D eigenvalue weighted by Crippen LogP contribution is 2.37. The highest BCUT2D eigenvalue weighted by atomic mass is 16.8. The van der Waals surface area contributed by atoms with Crippen LogP contribution in [-0.2, 0) is 23.7 Å². The second-order valence-electron chi connectivity index (χ2n) is 8.84. The van der Waals surface area contributed by atoms with Crippen molar-refractivity contribution in [2.45, 2.75) is 91.6 Å². The van der Waals surface area contributed by atoms with Gasteiger partial charge in [-0.2, -0.15) is 0 Å². The summed E-state index contributed by atoms with van der Waals surface area (Å²) >= 11 is 0. The van der Waals surface area contributed by atoms with Crippen LogP contribution in [0.5, 0.6) is 11.5 Å². The average molecular weight is 542 g/mol. The molecule has 0 saturated heterocycles. The number of aliphatic carboxylic acids is 1. The minimum absolute atomic E-state index is 0.104. The van der Waals surface area contributed by atoms with Crippen LogP contribution in [0.2, 0.25) is 0 Å². The van der Waals surface area contributed by atoms with Gasteiger partial charge in [0.25, 0.3) is 0 Å². The Morgan fingerprint density at radius 3 is 1.82 bits per heavy atom. The molecule has 214 valence electrons. The van der Waals surface area contributed by atoms with Gasteiger partial charge in [-0.05, 0) is 58.2 Å². The first-order chi connectivity index (χ1) is 17.8. The summed E-state index contributed by atoms with van der Waals surface area (Å²) in [4.78, 5) is 48.3. The maximum Gasteiger partial charge on any atom is 0.514 e. The van der Waals surface area contributed by atoms with E-state index in [9.17, 15) is 24.3 Å². The quantitative estimate of drug-likeness (QED) is 0.195. The summed E-state index contributed by atoms with van der Waals surface area (Å²) in [6.45, 7) is 12.0. The van der Waals surface area contributed by atoms with E-state index in [4.69, 9.17) is 34.2 Å². The summed E-state index contributed by atoms with van der Waals surface area (Å²) in [7, 11) is 0. The minimum Gasteiger partial charge on any atom is -0.480 e. The smallest absolute Gasteiger partial charge is 0.480 e. The molecule has 1 rings (SSSR count). The van der Waals surface area contributed by atoms with Crippen molar-refractivity contribution in [3.05, 3.63) is 23.8 Å². The van der Waals surface area contributed by atoms with E-state index in [0.29, 0.717) is 18.4 Å². The Balaban J connectivity index is 3.45. The molecule has 6 atom stereocenters. The zero-order valence-corrected chi connectivity index (χ0v) is 22.9. The Hall–Kier alpha value is -3.54. The zero-order valence-electron chi connectivity index (χ0n) is 22.9. The molecule has 12 nitrogen and oxygen atoms in total. The maximum absolute atomic E-state index is 12.4. The van der Waals surface area contributed by atoms with E-state index in [2.05, 4.69) is 0 Å². The molecule has 12 heteroatoms. The number of hydrogen-bond acceptors (Lipinski definition) is 11. The van der Waals surface area contributed by atoms with Gasteiger partial charge in [0.1, 0.15) is 24.4 Å².